The maximum absolute atomic E-state index is 11.0. The van der Waals surface area contributed by atoms with Crippen LogP contribution in [-0.2, 0) is 4.79 Å². The average Bonchev–Trinajstić information content (AvgIpc) is 2.46. The number of aliphatic imine (C=N–C) groups is 1. The number of Topliss-reactive ketones (excluding diaryl/α,β-unsaturated/α-hetero) is 1. The van der Waals surface area contributed by atoms with Crippen molar-refractivity contribution in [2.24, 2.45) is 4.99 Å². The summed E-state index contributed by atoms with van der Waals surface area (Å²) in [6.07, 6.45) is 5.06. The van der Waals surface area contributed by atoms with E-state index in [4.69, 9.17) is 4.74 Å². The van der Waals surface area contributed by atoms with Crippen molar-refractivity contribution in [1.29, 1.82) is 0 Å². The van der Waals surface area contributed by atoms with Gasteiger partial charge in [-0.3, -0.25) is 9.79 Å². The minimum Gasteiger partial charge on any atom is -0.497 e. The SMILES string of the molecule is COc1ccc(NC2=CC(=NCC(C)=O)CCC2)cc1. The molecule has 1 aliphatic rings. The van der Waals surface area contributed by atoms with Crippen molar-refractivity contribution in [2.75, 3.05) is 19.0 Å². The summed E-state index contributed by atoms with van der Waals surface area (Å²) in [6.45, 7) is 1.84. The van der Waals surface area contributed by atoms with Gasteiger partial charge in [-0.15, -0.1) is 0 Å². The van der Waals surface area contributed by atoms with Gasteiger partial charge in [0.25, 0.3) is 0 Å². The van der Waals surface area contributed by atoms with Crippen molar-refractivity contribution in [2.45, 2.75) is 26.2 Å². The largest absolute Gasteiger partial charge is 0.497 e. The lowest BCUT2D eigenvalue weighted by Gasteiger charge is -2.16. The zero-order chi connectivity index (χ0) is 14.4. The number of ether oxygens (including phenoxy) is 1. The van der Waals surface area contributed by atoms with Crippen LogP contribution in [0.15, 0.2) is 41.0 Å². The number of allylic oxidation sites excluding steroid dienone is 2. The van der Waals surface area contributed by atoms with Crippen LogP contribution >= 0.6 is 0 Å². The van der Waals surface area contributed by atoms with Crippen LogP contribution in [0.4, 0.5) is 5.69 Å². The van der Waals surface area contributed by atoms with E-state index in [1.807, 2.05) is 24.3 Å². The number of rotatable bonds is 5. The molecule has 0 aromatic heterocycles. The minimum atomic E-state index is 0.0983. The molecular formula is C16H20N2O2. The van der Waals surface area contributed by atoms with Crippen LogP contribution < -0.4 is 10.1 Å². The van der Waals surface area contributed by atoms with E-state index in [0.717, 1.165) is 42.1 Å². The van der Waals surface area contributed by atoms with Crippen LogP contribution in [0.5, 0.6) is 5.75 Å². The smallest absolute Gasteiger partial charge is 0.151 e. The summed E-state index contributed by atoms with van der Waals surface area (Å²) < 4.78 is 5.14. The lowest BCUT2D eigenvalue weighted by atomic mass is 10.0. The molecule has 1 N–H and O–H groups in total. The molecule has 0 heterocycles. The highest BCUT2D eigenvalue weighted by Gasteiger charge is 2.09. The molecule has 0 saturated carbocycles. The van der Waals surface area contributed by atoms with Gasteiger partial charge >= 0.3 is 0 Å². The molecule has 20 heavy (non-hydrogen) atoms. The number of hydrogen-bond donors (Lipinski definition) is 1. The van der Waals surface area contributed by atoms with Gasteiger partial charge in [-0.1, -0.05) is 0 Å². The summed E-state index contributed by atoms with van der Waals surface area (Å²) >= 11 is 0. The first-order valence-electron chi connectivity index (χ1n) is 6.82. The third-order valence-electron chi connectivity index (χ3n) is 3.12. The summed E-state index contributed by atoms with van der Waals surface area (Å²) in [6, 6.07) is 7.83. The molecule has 106 valence electrons. The molecular weight excluding hydrogens is 252 g/mol. The maximum atomic E-state index is 11.0. The van der Waals surface area contributed by atoms with Gasteiger partial charge in [-0.2, -0.15) is 0 Å². The molecule has 4 heteroatoms. The minimum absolute atomic E-state index is 0.0983. The van der Waals surface area contributed by atoms with Crippen molar-refractivity contribution in [3.8, 4) is 5.75 Å². The lowest BCUT2D eigenvalue weighted by molar-refractivity contribution is -0.115. The van der Waals surface area contributed by atoms with Crippen LogP contribution in [0.3, 0.4) is 0 Å². The molecule has 0 unspecified atom stereocenters. The Morgan fingerprint density at radius 2 is 2.05 bits per heavy atom. The predicted molar refractivity (Wildman–Crippen MR) is 81.5 cm³/mol. The van der Waals surface area contributed by atoms with Crippen LogP contribution in [0, 0.1) is 0 Å². The van der Waals surface area contributed by atoms with Crippen LogP contribution in [0.1, 0.15) is 26.2 Å². The Labute approximate surface area is 119 Å². The monoisotopic (exact) mass is 272 g/mol. The molecule has 0 bridgehead atoms. The number of hydrogen-bond acceptors (Lipinski definition) is 4. The Morgan fingerprint density at radius 3 is 2.70 bits per heavy atom. The second-order valence-electron chi connectivity index (χ2n) is 4.89. The van der Waals surface area contributed by atoms with Gasteiger partial charge in [0.05, 0.1) is 13.7 Å². The van der Waals surface area contributed by atoms with Crippen molar-refractivity contribution in [3.63, 3.8) is 0 Å². The van der Waals surface area contributed by atoms with Crippen molar-refractivity contribution >= 4 is 17.2 Å². The van der Waals surface area contributed by atoms with E-state index >= 15 is 0 Å². The molecule has 2 rings (SSSR count). The third kappa shape index (κ3) is 4.23. The summed E-state index contributed by atoms with van der Waals surface area (Å²) in [5, 5.41) is 3.39. The Bertz CT molecular complexity index is 530. The topological polar surface area (TPSA) is 50.7 Å². The molecule has 1 aromatic carbocycles. The molecule has 1 aliphatic carbocycles. The molecule has 0 atom stereocenters. The van der Waals surface area contributed by atoms with E-state index in [1.54, 1.807) is 14.0 Å². The van der Waals surface area contributed by atoms with Crippen molar-refractivity contribution in [3.05, 3.63) is 36.0 Å². The summed E-state index contributed by atoms with van der Waals surface area (Å²) in [5.74, 6) is 0.943. The second kappa shape index (κ2) is 6.89. The second-order valence-corrected chi connectivity index (χ2v) is 4.89. The average molecular weight is 272 g/mol. The van der Waals surface area contributed by atoms with Gasteiger partial charge in [0.1, 0.15) is 5.75 Å². The molecule has 1 aromatic rings. The fourth-order valence-corrected chi connectivity index (χ4v) is 2.10. The quantitative estimate of drug-likeness (QED) is 0.895. The van der Waals surface area contributed by atoms with Gasteiger partial charge < -0.3 is 10.1 Å². The van der Waals surface area contributed by atoms with Crippen LogP contribution in [0.2, 0.25) is 0 Å². The van der Waals surface area contributed by atoms with E-state index in [0.29, 0.717) is 0 Å². The highest BCUT2D eigenvalue weighted by Crippen LogP contribution is 2.21. The first-order valence-corrected chi connectivity index (χ1v) is 6.82. The molecule has 0 spiro atoms. The van der Waals surface area contributed by atoms with Gasteiger partial charge in [-0.25, -0.2) is 0 Å². The lowest BCUT2D eigenvalue weighted by Crippen LogP contribution is -2.11. The molecule has 0 amide bonds. The van der Waals surface area contributed by atoms with E-state index in [1.165, 1.54) is 0 Å². The standard InChI is InChI=1S/C16H20N2O2/c1-12(19)11-17-14-4-3-5-15(10-14)18-13-6-8-16(20-2)9-7-13/h6-10,18H,3-5,11H2,1-2H3. The van der Waals surface area contributed by atoms with Crippen LogP contribution in [0.25, 0.3) is 0 Å². The fourth-order valence-electron chi connectivity index (χ4n) is 2.10. The predicted octanol–water partition coefficient (Wildman–Crippen LogP) is 3.20. The highest BCUT2D eigenvalue weighted by atomic mass is 16.5. The number of nitrogens with one attached hydrogen (secondary N) is 1. The van der Waals surface area contributed by atoms with Gasteiger partial charge in [0, 0.05) is 17.1 Å². The Kier molecular flexibility index (Phi) is 4.93. The molecule has 0 saturated heterocycles. The van der Waals surface area contributed by atoms with Crippen LogP contribution in [-0.4, -0.2) is 25.1 Å². The number of benzene rings is 1. The number of methoxy groups -OCH3 is 1. The van der Waals surface area contributed by atoms with E-state index in [9.17, 15) is 4.79 Å². The van der Waals surface area contributed by atoms with Crippen molar-refractivity contribution in [1.82, 2.24) is 0 Å². The Hall–Kier alpha value is -2.10. The number of anilines is 1. The molecule has 0 radical (unpaired) electrons. The fraction of sp³-hybridized carbons (Fsp3) is 0.375. The molecule has 0 aliphatic heterocycles. The number of carbonyl (C=O) groups is 1. The van der Waals surface area contributed by atoms with Gasteiger partial charge in [0.15, 0.2) is 5.78 Å². The number of carbonyl (C=O) groups excluding carboxylic acids is 1. The third-order valence-corrected chi connectivity index (χ3v) is 3.12. The first-order chi connectivity index (χ1) is 9.67. The molecule has 4 nitrogen and oxygen atoms in total. The highest BCUT2D eigenvalue weighted by molar-refractivity contribution is 5.98. The number of nitrogens with zero attached hydrogens (tertiary/aromatic N) is 1. The zero-order valence-corrected chi connectivity index (χ0v) is 12.0. The maximum Gasteiger partial charge on any atom is 0.151 e. The summed E-state index contributed by atoms with van der Waals surface area (Å²) in [5.41, 5.74) is 3.18. The Balaban J connectivity index is 2.03. The van der Waals surface area contributed by atoms with E-state index in [2.05, 4.69) is 16.4 Å². The van der Waals surface area contributed by atoms with Gasteiger partial charge in [0.2, 0.25) is 0 Å². The first kappa shape index (κ1) is 14.3. The zero-order valence-electron chi connectivity index (χ0n) is 12.0. The van der Waals surface area contributed by atoms with Gasteiger partial charge in [-0.05, 0) is 56.5 Å². The summed E-state index contributed by atoms with van der Waals surface area (Å²) in [7, 11) is 1.66. The van der Waals surface area contributed by atoms with E-state index < -0.39 is 0 Å². The van der Waals surface area contributed by atoms with E-state index in [-0.39, 0.29) is 12.3 Å². The van der Waals surface area contributed by atoms with Crippen molar-refractivity contribution < 1.29 is 9.53 Å². The normalized spacial score (nSPS) is 16.7. The molecule has 0 fully saturated rings. The Morgan fingerprint density at radius 1 is 1.30 bits per heavy atom. The number of ketones is 1. The summed E-state index contributed by atoms with van der Waals surface area (Å²) in [4.78, 5) is 15.3.